The van der Waals surface area contributed by atoms with Crippen LogP contribution in [-0.2, 0) is 20.7 Å². The van der Waals surface area contributed by atoms with Gasteiger partial charge < -0.3 is 0 Å². The van der Waals surface area contributed by atoms with Gasteiger partial charge in [0.15, 0.2) is 0 Å². The lowest BCUT2D eigenvalue weighted by Gasteiger charge is -1.97. The van der Waals surface area contributed by atoms with Gasteiger partial charge >= 0.3 is 0 Å². The molecular weight excluding hydrogens is 196 g/mol. The van der Waals surface area contributed by atoms with Crippen molar-refractivity contribution in [1.29, 1.82) is 0 Å². The first kappa shape index (κ1) is 3.77. The summed E-state index contributed by atoms with van der Waals surface area (Å²) in [6.45, 7) is -3.25. The Kier molecular flexibility index (Phi) is 1.26. The van der Waals surface area contributed by atoms with E-state index in [4.69, 9.17) is 9.60 Å². The number of hydrogen-bond acceptors (Lipinski definition) is 4. The van der Waals surface area contributed by atoms with E-state index in [2.05, 4.69) is 4.18 Å². The first-order valence-corrected chi connectivity index (χ1v) is 5.40. The quantitative estimate of drug-likeness (QED) is 0.707. The molecule has 0 aliphatic heterocycles. The minimum Gasteiger partial charge on any atom is -0.270 e. The number of rotatable bonds is 4. The highest BCUT2D eigenvalue weighted by Crippen LogP contribution is 2.09. The van der Waals surface area contributed by atoms with Crippen LogP contribution in [0, 0.1) is 0 Å². The van der Waals surface area contributed by atoms with Crippen LogP contribution in [0.15, 0.2) is 17.4 Å². The highest BCUT2D eigenvalue weighted by atomic mass is 32.2. The van der Waals surface area contributed by atoms with Crippen LogP contribution in [0.3, 0.4) is 0 Å². The Morgan fingerprint density at radius 1 is 1.83 bits per heavy atom. The molecule has 0 spiro atoms. The van der Waals surface area contributed by atoms with Crippen molar-refractivity contribution in [1.82, 2.24) is 0 Å². The lowest BCUT2D eigenvalue weighted by atomic mass is 10.4. The van der Waals surface area contributed by atoms with Gasteiger partial charge in [0.05, 0.1) is 19.7 Å². The normalized spacial score (nSPS) is 22.6. The van der Waals surface area contributed by atoms with Gasteiger partial charge in [-0.25, -0.2) is 0 Å². The van der Waals surface area contributed by atoms with Gasteiger partial charge in [0.2, 0.25) is 0 Å². The lowest BCUT2D eigenvalue weighted by Crippen LogP contribution is -2.05. The Labute approximate surface area is 85.9 Å². The Balaban J connectivity index is 3.33. The number of thiophene rings is 1. The molecule has 12 heavy (non-hydrogen) atoms. The van der Waals surface area contributed by atoms with Gasteiger partial charge in [-0.3, -0.25) is 4.18 Å². The van der Waals surface area contributed by atoms with Gasteiger partial charge in [0.25, 0.3) is 10.1 Å². The van der Waals surface area contributed by atoms with Gasteiger partial charge in [-0.1, -0.05) is 6.04 Å². The molecule has 0 saturated carbocycles. The summed E-state index contributed by atoms with van der Waals surface area (Å²) < 4.78 is 78.1. The second-order valence-corrected chi connectivity index (χ2v) is 4.19. The smallest absolute Gasteiger partial charge is 0.264 e. The lowest BCUT2D eigenvalue weighted by molar-refractivity contribution is 0.327. The van der Waals surface area contributed by atoms with Crippen LogP contribution < -0.4 is 0 Å². The molecule has 3 nitrogen and oxygen atoms in total. The molecule has 68 valence electrons. The van der Waals surface area contributed by atoms with E-state index in [9.17, 15) is 8.42 Å². The minimum atomic E-state index is -4.25. The average molecular weight is 213 g/mol. The van der Waals surface area contributed by atoms with Crippen molar-refractivity contribution in [2.24, 2.45) is 0 Å². The first-order chi connectivity index (χ1) is 8.29. The van der Waals surface area contributed by atoms with E-state index in [1.165, 1.54) is 0 Å². The highest BCUT2D eigenvalue weighted by Gasteiger charge is 2.01. The third-order valence-corrected chi connectivity index (χ3v) is 1.74. The van der Waals surface area contributed by atoms with E-state index < -0.39 is 45.4 Å². The molecule has 0 N–H and O–H groups in total. The predicted molar refractivity (Wildman–Crippen MR) is 48.8 cm³/mol. The summed E-state index contributed by atoms with van der Waals surface area (Å²) in [4.78, 5) is -0.559. The molecular formula is C7H10O3S2. The van der Waals surface area contributed by atoms with Crippen molar-refractivity contribution >= 4 is 21.5 Å². The Morgan fingerprint density at radius 2 is 2.58 bits per heavy atom. The van der Waals surface area contributed by atoms with Gasteiger partial charge in [0.1, 0.15) is 0 Å². The van der Waals surface area contributed by atoms with E-state index in [1.807, 2.05) is 0 Å². The average Bonchev–Trinajstić information content (AvgIpc) is 2.42. The summed E-state index contributed by atoms with van der Waals surface area (Å²) in [6, 6.07) is -1.19. The fraction of sp³-hybridized carbons (Fsp3) is 0.429. The molecule has 0 bridgehead atoms. The molecule has 0 fully saturated rings. The molecule has 0 atom stereocenters. The predicted octanol–water partition coefficient (Wildman–Crippen LogP) is 1.27. The topological polar surface area (TPSA) is 43.4 Å². The van der Waals surface area contributed by atoms with Crippen LogP contribution in [0.25, 0.3) is 0 Å². The number of hydrogen-bond donors (Lipinski definition) is 0. The molecule has 1 heterocycles. The van der Waals surface area contributed by atoms with E-state index in [0.717, 1.165) is 0 Å². The van der Waals surface area contributed by atoms with Crippen LogP contribution in [0.5, 0.6) is 0 Å². The van der Waals surface area contributed by atoms with Crippen LogP contribution in [0.1, 0.15) is 14.5 Å². The third-order valence-electron chi connectivity index (χ3n) is 0.738. The van der Waals surface area contributed by atoms with Crippen LogP contribution in [0.4, 0.5) is 0 Å². The Bertz CT molecular complexity index is 592. The molecule has 0 radical (unpaired) electrons. The second kappa shape index (κ2) is 4.02. The summed E-state index contributed by atoms with van der Waals surface area (Å²) in [7, 11) is -4.25. The maximum Gasteiger partial charge on any atom is 0.264 e. The SMILES string of the molecule is [2H]c1sc(C([2H])([2H])C([2H])([2H])OS(C)(=O)=O)c([2H])c1[2H]. The Hall–Kier alpha value is -0.390. The van der Waals surface area contributed by atoms with Crippen molar-refractivity contribution in [3.05, 3.63) is 22.3 Å². The molecule has 1 aromatic heterocycles. The van der Waals surface area contributed by atoms with Gasteiger partial charge in [-0.05, 0) is 11.4 Å². The monoisotopic (exact) mass is 213 g/mol. The van der Waals surface area contributed by atoms with Crippen LogP contribution in [-0.4, -0.2) is 21.2 Å². The molecule has 0 unspecified atom stereocenters. The van der Waals surface area contributed by atoms with Gasteiger partial charge in [0, 0.05) is 14.0 Å². The maximum atomic E-state index is 10.9. The van der Waals surface area contributed by atoms with E-state index in [-0.39, 0.29) is 0 Å². The summed E-state index contributed by atoms with van der Waals surface area (Å²) in [5.74, 6) is 0. The second-order valence-electron chi connectivity index (χ2n) is 1.80. The summed E-state index contributed by atoms with van der Waals surface area (Å²) >= 11 is 0.403. The van der Waals surface area contributed by atoms with Crippen molar-refractivity contribution < 1.29 is 22.2 Å². The molecule has 1 rings (SSSR count). The fourth-order valence-electron chi connectivity index (χ4n) is 0.384. The zero-order valence-electron chi connectivity index (χ0n) is 13.0. The van der Waals surface area contributed by atoms with E-state index in [0.29, 0.717) is 17.6 Å². The largest absolute Gasteiger partial charge is 0.270 e. The Morgan fingerprint density at radius 3 is 3.08 bits per heavy atom. The number of aryl methyl sites for hydroxylation is 1. The molecule has 0 saturated heterocycles. The van der Waals surface area contributed by atoms with Crippen molar-refractivity contribution in [2.45, 2.75) is 6.37 Å². The van der Waals surface area contributed by atoms with E-state index in [1.54, 1.807) is 0 Å². The molecule has 0 aromatic carbocycles. The van der Waals surface area contributed by atoms with Crippen molar-refractivity contribution in [2.75, 3.05) is 12.8 Å². The zero-order chi connectivity index (χ0) is 15.2. The molecule has 0 amide bonds. The fourth-order valence-corrected chi connectivity index (χ4v) is 0.976. The summed E-state index contributed by atoms with van der Waals surface area (Å²) in [5.41, 5.74) is 0. The van der Waals surface area contributed by atoms with Gasteiger partial charge in [-0.2, -0.15) is 8.42 Å². The molecule has 0 aliphatic rings. The first-order valence-electron chi connectivity index (χ1n) is 6.27. The van der Waals surface area contributed by atoms with Crippen molar-refractivity contribution in [3.8, 4) is 0 Å². The third kappa shape index (κ3) is 3.85. The molecule has 1 aromatic rings. The minimum absolute atomic E-state index is 0.403. The van der Waals surface area contributed by atoms with Crippen LogP contribution in [0.2, 0.25) is 0 Å². The van der Waals surface area contributed by atoms with Gasteiger partial charge in [-0.15, -0.1) is 11.3 Å². The standard InChI is InChI=1S/C7H10O3S2/c1-12(8,9)10-5-4-7-3-2-6-11-7/h2-3,6H,4-5H2,1H3/i2D,3D,4D2,5D2,6D. The highest BCUT2D eigenvalue weighted by molar-refractivity contribution is 7.85. The summed E-state index contributed by atoms with van der Waals surface area (Å²) in [5, 5.41) is -0.404. The van der Waals surface area contributed by atoms with E-state index >= 15 is 0 Å². The molecule has 5 heteroatoms. The maximum absolute atomic E-state index is 10.9. The summed E-state index contributed by atoms with van der Waals surface area (Å²) in [6.07, 6.45) is -2.41. The zero-order valence-corrected chi connectivity index (χ0v) is 7.67. The molecule has 0 aliphatic carbocycles. The van der Waals surface area contributed by atoms with Crippen LogP contribution >= 0.6 is 11.3 Å². The van der Waals surface area contributed by atoms with Crippen molar-refractivity contribution in [3.63, 3.8) is 0 Å².